The minimum Gasteiger partial charge on any atom is -0.492 e. The number of ether oxygens (including phenoxy) is 1. The maximum absolute atomic E-state index is 6.56. The van der Waals surface area contributed by atoms with Gasteiger partial charge in [0.2, 0.25) is 0 Å². The number of hydrogen-bond donors (Lipinski definition) is 2. The Labute approximate surface area is 232 Å². The smallest absolute Gasteiger partial charge is 0.124 e. The Bertz CT molecular complexity index is 1500. The van der Waals surface area contributed by atoms with Gasteiger partial charge in [-0.25, -0.2) is 5.84 Å². The summed E-state index contributed by atoms with van der Waals surface area (Å²) in [5.41, 5.74) is 16.6. The fourth-order valence-electron chi connectivity index (χ4n) is 5.92. The molecule has 0 bridgehead atoms. The predicted molar refractivity (Wildman–Crippen MR) is 162 cm³/mol. The van der Waals surface area contributed by atoms with Crippen LogP contribution in [0.5, 0.6) is 5.75 Å². The number of nitrogens with zero attached hydrogens (tertiary/aromatic N) is 3. The maximum Gasteiger partial charge on any atom is 0.124 e. The van der Waals surface area contributed by atoms with E-state index in [1.165, 1.54) is 27.8 Å². The van der Waals surface area contributed by atoms with Gasteiger partial charge in [-0.15, -0.1) is 0 Å². The molecule has 1 aliphatic rings. The van der Waals surface area contributed by atoms with Crippen molar-refractivity contribution in [1.29, 1.82) is 0 Å². The summed E-state index contributed by atoms with van der Waals surface area (Å²) in [5.74, 6) is 7.19. The van der Waals surface area contributed by atoms with Crippen LogP contribution in [0.15, 0.2) is 60.8 Å². The number of rotatable bonds is 5. The third-order valence-electron chi connectivity index (χ3n) is 8.04. The van der Waals surface area contributed by atoms with Gasteiger partial charge < -0.3 is 15.5 Å². The summed E-state index contributed by atoms with van der Waals surface area (Å²) in [6.45, 7) is 14.5. The van der Waals surface area contributed by atoms with Crippen LogP contribution < -0.4 is 21.3 Å². The summed E-state index contributed by atoms with van der Waals surface area (Å²) in [5, 5.41) is 2.70. The number of aromatic nitrogens is 1. The van der Waals surface area contributed by atoms with Gasteiger partial charge in [0, 0.05) is 49.7 Å². The van der Waals surface area contributed by atoms with Crippen molar-refractivity contribution in [3.63, 3.8) is 0 Å². The largest absolute Gasteiger partial charge is 0.492 e. The van der Waals surface area contributed by atoms with Crippen LogP contribution in [0.1, 0.15) is 60.1 Å². The van der Waals surface area contributed by atoms with E-state index in [1.807, 2.05) is 25.4 Å². The fourth-order valence-corrected chi connectivity index (χ4v) is 5.92. The summed E-state index contributed by atoms with van der Waals surface area (Å²) >= 11 is 0. The number of benzene rings is 3. The Morgan fingerprint density at radius 2 is 1.87 bits per heavy atom. The van der Waals surface area contributed by atoms with E-state index in [2.05, 4.69) is 87.0 Å². The zero-order valence-corrected chi connectivity index (χ0v) is 24.1. The quantitative estimate of drug-likeness (QED) is 0.181. The van der Waals surface area contributed by atoms with Gasteiger partial charge in [0.1, 0.15) is 12.4 Å². The van der Waals surface area contributed by atoms with E-state index in [1.54, 1.807) is 5.01 Å². The zero-order chi connectivity index (χ0) is 27.9. The summed E-state index contributed by atoms with van der Waals surface area (Å²) in [6, 6.07) is 19.6. The molecule has 1 aromatic heterocycles. The number of nitrogen functional groups attached to an aromatic ring is 1. The number of hydrogen-bond acceptors (Lipinski definition) is 6. The molecule has 4 N–H and O–H groups in total. The van der Waals surface area contributed by atoms with Gasteiger partial charge in [-0.3, -0.25) is 9.88 Å². The molecule has 39 heavy (non-hydrogen) atoms. The van der Waals surface area contributed by atoms with Crippen molar-refractivity contribution in [3.05, 3.63) is 94.2 Å². The Hall–Kier alpha value is -3.61. The minimum atomic E-state index is -0.0106. The van der Waals surface area contributed by atoms with Gasteiger partial charge in [0.05, 0.1) is 16.9 Å². The summed E-state index contributed by atoms with van der Waals surface area (Å²) in [7, 11) is 1.82. The van der Waals surface area contributed by atoms with Crippen molar-refractivity contribution in [1.82, 2.24) is 9.88 Å². The van der Waals surface area contributed by atoms with Crippen LogP contribution in [-0.4, -0.2) is 30.1 Å². The van der Waals surface area contributed by atoms with Crippen LogP contribution in [0.2, 0.25) is 0 Å². The van der Waals surface area contributed by atoms with Gasteiger partial charge >= 0.3 is 0 Å². The average Bonchev–Trinajstić information content (AvgIpc) is 3.07. The molecule has 0 aliphatic carbocycles. The molecule has 0 radical (unpaired) electrons. The number of aryl methyl sites for hydroxylation is 1. The second-order valence-corrected chi connectivity index (χ2v) is 12.0. The van der Waals surface area contributed by atoms with E-state index in [0.717, 1.165) is 53.2 Å². The topological polar surface area (TPSA) is 80.6 Å². The lowest BCUT2D eigenvalue weighted by Crippen LogP contribution is -2.27. The number of pyridine rings is 1. The molecule has 204 valence electrons. The van der Waals surface area contributed by atoms with Crippen LogP contribution in [-0.2, 0) is 13.1 Å². The summed E-state index contributed by atoms with van der Waals surface area (Å²) < 4.78 is 6.18. The first-order valence-electron chi connectivity index (χ1n) is 13.7. The highest BCUT2D eigenvalue weighted by atomic mass is 16.5. The molecule has 1 atom stereocenters. The van der Waals surface area contributed by atoms with E-state index in [-0.39, 0.29) is 11.3 Å². The van der Waals surface area contributed by atoms with Crippen molar-refractivity contribution in [2.45, 2.75) is 53.6 Å². The fraction of sp³-hybridized carbons (Fsp3) is 0.364. The van der Waals surface area contributed by atoms with Gasteiger partial charge in [0.15, 0.2) is 0 Å². The van der Waals surface area contributed by atoms with E-state index in [0.29, 0.717) is 6.61 Å². The van der Waals surface area contributed by atoms with Gasteiger partial charge in [-0.1, -0.05) is 51.1 Å². The van der Waals surface area contributed by atoms with Crippen LogP contribution in [0.3, 0.4) is 0 Å². The van der Waals surface area contributed by atoms with Crippen LogP contribution in [0.25, 0.3) is 10.9 Å². The first-order valence-corrected chi connectivity index (χ1v) is 13.7. The van der Waals surface area contributed by atoms with Crippen molar-refractivity contribution >= 4 is 22.3 Å². The van der Waals surface area contributed by atoms with Crippen LogP contribution >= 0.6 is 0 Å². The third kappa shape index (κ3) is 5.45. The van der Waals surface area contributed by atoms with Crippen molar-refractivity contribution in [3.8, 4) is 5.75 Å². The highest BCUT2D eigenvalue weighted by molar-refractivity contribution is 5.81. The van der Waals surface area contributed by atoms with Gasteiger partial charge in [-0.05, 0) is 71.3 Å². The zero-order valence-electron chi connectivity index (χ0n) is 24.1. The Balaban J connectivity index is 1.48. The molecular formula is C33H41N5O. The van der Waals surface area contributed by atoms with Crippen molar-refractivity contribution < 1.29 is 4.74 Å². The van der Waals surface area contributed by atoms with Crippen LogP contribution in [0.4, 0.5) is 11.4 Å². The number of nitrogens with two attached hydrogens (primary N) is 2. The monoisotopic (exact) mass is 523 g/mol. The molecule has 2 heterocycles. The van der Waals surface area contributed by atoms with Crippen LogP contribution in [0, 0.1) is 19.3 Å². The van der Waals surface area contributed by atoms with Gasteiger partial charge in [0.25, 0.3) is 0 Å². The molecule has 0 saturated carbocycles. The molecule has 1 aliphatic heterocycles. The highest BCUT2D eigenvalue weighted by Gasteiger charge is 2.31. The van der Waals surface area contributed by atoms with E-state index < -0.39 is 0 Å². The molecule has 0 fully saturated rings. The SMILES string of the molecule is Cc1ccc(C(c2ccc(N(C)N)c(N)c2C)C(C)(C)C)cc1CN1CCOc2cc3cccnc3cc2C1. The first kappa shape index (κ1) is 27.0. The number of fused-ring (bicyclic) bond motifs is 2. The minimum absolute atomic E-state index is 0.0106. The second-order valence-electron chi connectivity index (χ2n) is 12.0. The molecule has 3 aromatic carbocycles. The molecular weight excluding hydrogens is 482 g/mol. The number of hydrazine groups is 1. The molecule has 1 unspecified atom stereocenters. The number of anilines is 2. The van der Waals surface area contributed by atoms with Crippen molar-refractivity contribution in [2.75, 3.05) is 30.9 Å². The highest BCUT2D eigenvalue weighted by Crippen LogP contribution is 2.44. The second kappa shape index (κ2) is 10.5. The lowest BCUT2D eigenvalue weighted by molar-refractivity contribution is 0.219. The molecule has 6 nitrogen and oxygen atoms in total. The average molecular weight is 524 g/mol. The van der Waals surface area contributed by atoms with Gasteiger partial charge in [-0.2, -0.15) is 0 Å². The third-order valence-corrected chi connectivity index (χ3v) is 8.04. The lowest BCUT2D eigenvalue weighted by atomic mass is 9.71. The summed E-state index contributed by atoms with van der Waals surface area (Å²) in [4.78, 5) is 7.04. The summed E-state index contributed by atoms with van der Waals surface area (Å²) in [6.07, 6.45) is 1.85. The maximum atomic E-state index is 6.56. The standard InChI is InChI=1S/C33H41N5O/c1-21-9-10-24(31(33(3,4)5)27-11-12-29(37(6)35)32(34)22(27)2)16-25(21)19-38-14-15-39-30-18-23-8-7-13-36-28(23)17-26(30)20-38/h7-13,16-18,31H,14-15,19-20,34-35H2,1-6H3. The Morgan fingerprint density at radius 1 is 1.08 bits per heavy atom. The first-order chi connectivity index (χ1) is 18.5. The molecule has 4 aromatic rings. The molecule has 0 saturated heterocycles. The van der Waals surface area contributed by atoms with E-state index >= 15 is 0 Å². The van der Waals surface area contributed by atoms with E-state index in [9.17, 15) is 0 Å². The predicted octanol–water partition coefficient (Wildman–Crippen LogP) is 6.32. The Kier molecular flexibility index (Phi) is 7.27. The molecule has 0 amide bonds. The Morgan fingerprint density at radius 3 is 2.62 bits per heavy atom. The molecule has 6 heteroatoms. The normalized spacial score (nSPS) is 14.9. The molecule has 5 rings (SSSR count). The molecule has 0 spiro atoms. The lowest BCUT2D eigenvalue weighted by Gasteiger charge is -2.34. The van der Waals surface area contributed by atoms with Crippen molar-refractivity contribution in [2.24, 2.45) is 11.3 Å². The van der Waals surface area contributed by atoms with E-state index in [4.69, 9.17) is 16.3 Å².